The summed E-state index contributed by atoms with van der Waals surface area (Å²) in [7, 11) is 0. The smallest absolute Gasteiger partial charge is 0.251 e. The Morgan fingerprint density at radius 1 is 1.27 bits per heavy atom. The number of rotatable bonds is 5. The van der Waals surface area contributed by atoms with Crippen LogP contribution in [0.4, 0.5) is 4.39 Å². The predicted molar refractivity (Wildman–Crippen MR) is 57.9 cm³/mol. The van der Waals surface area contributed by atoms with Crippen molar-refractivity contribution in [2.24, 2.45) is 0 Å². The summed E-state index contributed by atoms with van der Waals surface area (Å²) in [6, 6.07) is 5.52. The van der Waals surface area contributed by atoms with Crippen molar-refractivity contribution >= 4 is 5.91 Å². The number of nitrogens with one attached hydrogen (secondary N) is 1. The summed E-state index contributed by atoms with van der Waals surface area (Å²) in [4.78, 5) is 11.5. The summed E-state index contributed by atoms with van der Waals surface area (Å²) in [6.45, 7) is 4.36. The van der Waals surface area contributed by atoms with Gasteiger partial charge in [-0.2, -0.15) is 0 Å². The van der Waals surface area contributed by atoms with Gasteiger partial charge in [0.2, 0.25) is 0 Å². The van der Waals surface area contributed by atoms with Gasteiger partial charge >= 0.3 is 0 Å². The molecule has 1 aromatic carbocycles. The van der Waals surface area contributed by atoms with Crippen LogP contribution in [0.1, 0.15) is 29.6 Å². The van der Waals surface area contributed by atoms with E-state index in [1.165, 1.54) is 24.3 Å². The normalized spacial score (nSPS) is 10.0. The molecule has 81 valence electrons. The van der Waals surface area contributed by atoms with Crippen LogP contribution < -0.4 is 5.32 Å². The molecule has 1 radical (unpaired) electrons. The van der Waals surface area contributed by atoms with Crippen molar-refractivity contribution in [2.45, 2.75) is 19.3 Å². The molecule has 0 spiro atoms. The fourth-order valence-corrected chi connectivity index (χ4v) is 1.21. The quantitative estimate of drug-likeness (QED) is 0.740. The first-order valence-corrected chi connectivity index (χ1v) is 5.07. The third-order valence-corrected chi connectivity index (χ3v) is 2.07. The Balaban J connectivity index is 2.37. The second kappa shape index (κ2) is 6.17. The van der Waals surface area contributed by atoms with Crippen molar-refractivity contribution in [1.29, 1.82) is 0 Å². The standard InChI is InChI=1S/C12H15FNO/c1-2-3-4-9-14-12(15)10-5-7-11(13)8-6-10/h5-8H,1-4,9H2,(H,14,15). The zero-order valence-electron chi connectivity index (χ0n) is 8.63. The third-order valence-electron chi connectivity index (χ3n) is 2.07. The molecule has 0 unspecified atom stereocenters. The zero-order chi connectivity index (χ0) is 11.1. The van der Waals surface area contributed by atoms with E-state index in [0.29, 0.717) is 12.1 Å². The van der Waals surface area contributed by atoms with Gasteiger partial charge in [-0.15, -0.1) is 0 Å². The van der Waals surface area contributed by atoms with Gasteiger partial charge in [0.25, 0.3) is 5.91 Å². The van der Waals surface area contributed by atoms with Gasteiger partial charge in [0.15, 0.2) is 0 Å². The maximum absolute atomic E-state index is 12.6. The molecule has 2 nitrogen and oxygen atoms in total. The zero-order valence-corrected chi connectivity index (χ0v) is 8.63. The molecule has 15 heavy (non-hydrogen) atoms. The number of unbranched alkanes of at least 4 members (excludes halogenated alkanes) is 2. The van der Waals surface area contributed by atoms with Gasteiger partial charge in [-0.25, -0.2) is 4.39 Å². The second-order valence-electron chi connectivity index (χ2n) is 3.32. The molecular formula is C12H15FNO. The van der Waals surface area contributed by atoms with E-state index in [4.69, 9.17) is 0 Å². The fourth-order valence-electron chi connectivity index (χ4n) is 1.21. The SMILES string of the molecule is [CH2]CCCCNC(=O)c1ccc(F)cc1. The third kappa shape index (κ3) is 4.11. The molecule has 0 saturated heterocycles. The van der Waals surface area contributed by atoms with Gasteiger partial charge < -0.3 is 5.32 Å². The number of carbonyl (C=O) groups excluding carboxylic acids is 1. The lowest BCUT2D eigenvalue weighted by molar-refractivity contribution is 0.0953. The molecule has 0 aliphatic heterocycles. The first-order chi connectivity index (χ1) is 7.24. The number of benzene rings is 1. The molecule has 1 N–H and O–H groups in total. The highest BCUT2D eigenvalue weighted by atomic mass is 19.1. The summed E-state index contributed by atoms with van der Waals surface area (Å²) in [5.74, 6) is -0.484. The maximum atomic E-state index is 12.6. The molecule has 0 aliphatic carbocycles. The molecule has 1 amide bonds. The molecule has 1 rings (SSSR count). The topological polar surface area (TPSA) is 29.1 Å². The van der Waals surface area contributed by atoms with Gasteiger partial charge in [-0.05, 0) is 30.7 Å². The highest BCUT2D eigenvalue weighted by Gasteiger charge is 2.03. The molecule has 3 heteroatoms. The number of halogens is 1. The number of hydrogen-bond acceptors (Lipinski definition) is 1. The van der Waals surface area contributed by atoms with Crippen LogP contribution in [0.15, 0.2) is 24.3 Å². The van der Waals surface area contributed by atoms with Gasteiger partial charge in [-0.3, -0.25) is 4.79 Å². The van der Waals surface area contributed by atoms with Crippen molar-refractivity contribution < 1.29 is 9.18 Å². The number of carbonyl (C=O) groups is 1. The Morgan fingerprint density at radius 3 is 2.53 bits per heavy atom. The van der Waals surface area contributed by atoms with E-state index in [1.807, 2.05) is 0 Å². The Kier molecular flexibility index (Phi) is 4.81. The largest absolute Gasteiger partial charge is 0.352 e. The summed E-state index contributed by atoms with van der Waals surface area (Å²) >= 11 is 0. The van der Waals surface area contributed by atoms with Gasteiger partial charge in [0, 0.05) is 12.1 Å². The minimum atomic E-state index is -0.330. The van der Waals surface area contributed by atoms with E-state index < -0.39 is 0 Å². The van der Waals surface area contributed by atoms with E-state index in [-0.39, 0.29) is 11.7 Å². The van der Waals surface area contributed by atoms with E-state index >= 15 is 0 Å². The van der Waals surface area contributed by atoms with Gasteiger partial charge in [0.05, 0.1) is 0 Å². The van der Waals surface area contributed by atoms with Crippen LogP contribution >= 0.6 is 0 Å². The molecule has 0 heterocycles. The molecule has 0 bridgehead atoms. The van der Waals surface area contributed by atoms with Crippen molar-refractivity contribution in [3.8, 4) is 0 Å². The molecular weight excluding hydrogens is 193 g/mol. The van der Waals surface area contributed by atoms with E-state index in [0.717, 1.165) is 19.3 Å². The van der Waals surface area contributed by atoms with E-state index in [1.54, 1.807) is 0 Å². The van der Waals surface area contributed by atoms with Crippen LogP contribution in [0.3, 0.4) is 0 Å². The van der Waals surface area contributed by atoms with Gasteiger partial charge in [-0.1, -0.05) is 19.8 Å². The summed E-state index contributed by atoms with van der Waals surface area (Å²) in [6.07, 6.45) is 2.81. The maximum Gasteiger partial charge on any atom is 0.251 e. The summed E-state index contributed by atoms with van der Waals surface area (Å²) in [5, 5.41) is 2.76. The minimum Gasteiger partial charge on any atom is -0.352 e. The fraction of sp³-hybridized carbons (Fsp3) is 0.333. The van der Waals surface area contributed by atoms with Crippen molar-refractivity contribution in [2.75, 3.05) is 6.54 Å². The lowest BCUT2D eigenvalue weighted by Crippen LogP contribution is -2.24. The van der Waals surface area contributed by atoms with Crippen molar-refractivity contribution in [3.05, 3.63) is 42.6 Å². The Bertz CT molecular complexity index is 308. The first-order valence-electron chi connectivity index (χ1n) is 5.07. The van der Waals surface area contributed by atoms with Crippen molar-refractivity contribution in [1.82, 2.24) is 5.32 Å². The first kappa shape index (κ1) is 11.7. The molecule has 0 saturated carbocycles. The monoisotopic (exact) mass is 208 g/mol. The summed E-state index contributed by atoms with van der Waals surface area (Å²) in [5.41, 5.74) is 0.492. The molecule has 0 aliphatic rings. The van der Waals surface area contributed by atoms with Gasteiger partial charge in [0.1, 0.15) is 5.82 Å². The van der Waals surface area contributed by atoms with Crippen LogP contribution in [-0.2, 0) is 0 Å². The van der Waals surface area contributed by atoms with E-state index in [9.17, 15) is 9.18 Å². The highest BCUT2D eigenvalue weighted by Crippen LogP contribution is 2.02. The van der Waals surface area contributed by atoms with Crippen LogP contribution in [-0.4, -0.2) is 12.5 Å². The lowest BCUT2D eigenvalue weighted by atomic mass is 10.2. The average Bonchev–Trinajstić information content (AvgIpc) is 2.25. The lowest BCUT2D eigenvalue weighted by Gasteiger charge is -2.04. The van der Waals surface area contributed by atoms with Crippen LogP contribution in [0.5, 0.6) is 0 Å². The Hall–Kier alpha value is -1.38. The second-order valence-corrected chi connectivity index (χ2v) is 3.32. The van der Waals surface area contributed by atoms with Crippen LogP contribution in [0.25, 0.3) is 0 Å². The highest BCUT2D eigenvalue weighted by molar-refractivity contribution is 5.94. The number of amides is 1. The number of hydrogen-bond donors (Lipinski definition) is 1. The Morgan fingerprint density at radius 2 is 1.93 bits per heavy atom. The molecule has 0 fully saturated rings. The average molecular weight is 208 g/mol. The minimum absolute atomic E-state index is 0.154. The Labute approximate surface area is 89.5 Å². The van der Waals surface area contributed by atoms with E-state index in [2.05, 4.69) is 12.2 Å². The predicted octanol–water partition coefficient (Wildman–Crippen LogP) is 2.56. The molecule has 0 aromatic heterocycles. The van der Waals surface area contributed by atoms with Crippen molar-refractivity contribution in [3.63, 3.8) is 0 Å². The van der Waals surface area contributed by atoms with Crippen LogP contribution in [0, 0.1) is 12.7 Å². The molecule has 1 aromatic rings. The molecule has 0 atom stereocenters. The van der Waals surface area contributed by atoms with Crippen LogP contribution in [0.2, 0.25) is 0 Å². The summed E-state index contributed by atoms with van der Waals surface area (Å²) < 4.78 is 12.6.